The fourth-order valence-electron chi connectivity index (χ4n) is 3.34. The number of piperidine rings is 1. The number of rotatable bonds is 2. The summed E-state index contributed by atoms with van der Waals surface area (Å²) in [5, 5.41) is 0. The summed E-state index contributed by atoms with van der Waals surface area (Å²) in [7, 11) is 0. The van der Waals surface area contributed by atoms with Crippen LogP contribution in [0, 0.1) is 11.8 Å². The van der Waals surface area contributed by atoms with E-state index in [1.165, 1.54) is 11.3 Å². The zero-order chi connectivity index (χ0) is 18.5. The van der Waals surface area contributed by atoms with E-state index in [9.17, 15) is 4.79 Å². The summed E-state index contributed by atoms with van der Waals surface area (Å²) < 4.78 is 0. The minimum absolute atomic E-state index is 0.0119. The van der Waals surface area contributed by atoms with E-state index >= 15 is 0 Å². The topological polar surface area (TPSA) is 33.2 Å². The zero-order valence-corrected chi connectivity index (χ0v) is 15.8. The van der Waals surface area contributed by atoms with Crippen LogP contribution in [0.4, 0.5) is 0 Å². The van der Waals surface area contributed by atoms with Gasteiger partial charge in [0.15, 0.2) is 0 Å². The van der Waals surface area contributed by atoms with Crippen LogP contribution in [0.25, 0.3) is 10.4 Å². The summed E-state index contributed by atoms with van der Waals surface area (Å²) in [4.78, 5) is 20.5. The van der Waals surface area contributed by atoms with Gasteiger partial charge in [0.25, 0.3) is 5.91 Å². The third-order valence-corrected chi connectivity index (χ3v) is 5.60. The lowest BCUT2D eigenvalue weighted by Gasteiger charge is -2.32. The molecular formula is C23H20N2OS. The monoisotopic (exact) mass is 372 g/mol. The quantitative estimate of drug-likeness (QED) is 0.602. The number of amides is 1. The van der Waals surface area contributed by atoms with Crippen molar-refractivity contribution in [3.8, 4) is 22.3 Å². The molecule has 27 heavy (non-hydrogen) atoms. The van der Waals surface area contributed by atoms with Gasteiger partial charge >= 0.3 is 0 Å². The first-order chi connectivity index (χ1) is 13.3. The van der Waals surface area contributed by atoms with Crippen LogP contribution in [-0.2, 0) is 0 Å². The second-order valence-electron chi connectivity index (χ2n) is 6.54. The van der Waals surface area contributed by atoms with Gasteiger partial charge in [-0.25, -0.2) is 4.98 Å². The molecule has 0 spiro atoms. The Morgan fingerprint density at radius 3 is 2.56 bits per heavy atom. The molecule has 1 aliphatic rings. The minimum Gasteiger partial charge on any atom is -0.323 e. The van der Waals surface area contributed by atoms with Crippen molar-refractivity contribution in [2.75, 3.05) is 6.54 Å². The van der Waals surface area contributed by atoms with E-state index in [-0.39, 0.29) is 11.9 Å². The van der Waals surface area contributed by atoms with Crippen LogP contribution < -0.4 is 0 Å². The molecule has 1 amide bonds. The van der Waals surface area contributed by atoms with Crippen molar-refractivity contribution in [3.63, 3.8) is 0 Å². The lowest BCUT2D eigenvalue weighted by atomic mass is 10.0. The van der Waals surface area contributed by atoms with Gasteiger partial charge in [-0.3, -0.25) is 4.79 Å². The molecule has 134 valence electrons. The summed E-state index contributed by atoms with van der Waals surface area (Å²) in [6.45, 7) is 0.735. The summed E-state index contributed by atoms with van der Waals surface area (Å²) in [5.74, 6) is 6.54. The Bertz CT molecular complexity index is 970. The van der Waals surface area contributed by atoms with Crippen LogP contribution in [0.3, 0.4) is 0 Å². The molecular weight excluding hydrogens is 352 g/mol. The highest BCUT2D eigenvalue weighted by molar-refractivity contribution is 7.13. The van der Waals surface area contributed by atoms with Gasteiger partial charge in [0.2, 0.25) is 0 Å². The molecule has 0 aliphatic carbocycles. The number of likely N-dealkylation sites (tertiary alicyclic amines) is 1. The molecule has 0 N–H and O–H groups in total. The molecule has 0 bridgehead atoms. The van der Waals surface area contributed by atoms with Crippen LogP contribution >= 0.6 is 11.3 Å². The highest BCUT2D eigenvalue weighted by atomic mass is 32.1. The average molecular weight is 372 g/mol. The van der Waals surface area contributed by atoms with E-state index in [4.69, 9.17) is 0 Å². The first-order valence-corrected chi connectivity index (χ1v) is 10.1. The summed E-state index contributed by atoms with van der Waals surface area (Å²) in [5.41, 5.74) is 4.31. The number of carbonyl (C=O) groups excluding carboxylic acids is 1. The Morgan fingerprint density at radius 1 is 1.04 bits per heavy atom. The fraction of sp³-hybridized carbons (Fsp3) is 0.217. The molecule has 0 radical (unpaired) electrons. The molecule has 3 aromatic rings. The molecule has 4 rings (SSSR count). The van der Waals surface area contributed by atoms with Crippen molar-refractivity contribution >= 4 is 17.2 Å². The van der Waals surface area contributed by atoms with Crippen LogP contribution in [0.15, 0.2) is 66.2 Å². The van der Waals surface area contributed by atoms with Crippen molar-refractivity contribution in [1.29, 1.82) is 0 Å². The van der Waals surface area contributed by atoms with Gasteiger partial charge in [-0.15, -0.1) is 11.3 Å². The highest BCUT2D eigenvalue weighted by Crippen LogP contribution is 2.30. The van der Waals surface area contributed by atoms with E-state index < -0.39 is 0 Å². The number of hydrogen-bond donors (Lipinski definition) is 0. The van der Waals surface area contributed by atoms with Crippen LogP contribution in [0.2, 0.25) is 0 Å². The molecule has 1 aromatic heterocycles. The van der Waals surface area contributed by atoms with E-state index in [0.717, 1.165) is 41.8 Å². The predicted molar refractivity (Wildman–Crippen MR) is 110 cm³/mol. The number of carbonyl (C=O) groups is 1. The molecule has 1 aliphatic heterocycles. The molecule has 0 saturated carbocycles. The number of thiazole rings is 1. The third-order valence-electron chi connectivity index (χ3n) is 4.73. The molecule has 2 aromatic carbocycles. The third kappa shape index (κ3) is 3.94. The fourth-order valence-corrected chi connectivity index (χ4v) is 4.13. The number of hydrogen-bond acceptors (Lipinski definition) is 3. The zero-order valence-electron chi connectivity index (χ0n) is 15.0. The molecule has 1 unspecified atom stereocenters. The van der Waals surface area contributed by atoms with Crippen LogP contribution in [0.5, 0.6) is 0 Å². The molecule has 4 heteroatoms. The predicted octanol–water partition coefficient (Wildman–Crippen LogP) is 4.86. The normalized spacial score (nSPS) is 16.4. The minimum atomic E-state index is -0.0585. The van der Waals surface area contributed by atoms with E-state index in [2.05, 4.69) is 16.8 Å². The first-order valence-electron chi connectivity index (χ1n) is 9.19. The van der Waals surface area contributed by atoms with Crippen molar-refractivity contribution in [3.05, 3.63) is 77.4 Å². The summed E-state index contributed by atoms with van der Waals surface area (Å²) >= 11 is 1.51. The van der Waals surface area contributed by atoms with Gasteiger partial charge in [-0.05, 0) is 37.0 Å². The Kier molecular flexibility index (Phi) is 5.32. The standard InChI is InChI=1S/C23H20N2OS/c26-23(21-22(27-17-24-21)19-11-5-2-6-12-19)25-16-8-7-13-20(25)15-14-18-9-3-1-4-10-18/h1-6,9-12,17,20H,7-8,13,16H2. The summed E-state index contributed by atoms with van der Waals surface area (Å²) in [6, 6.07) is 19.9. The maximum Gasteiger partial charge on any atom is 0.274 e. The maximum absolute atomic E-state index is 13.3. The second kappa shape index (κ2) is 8.20. The van der Waals surface area contributed by atoms with Crippen LogP contribution in [0.1, 0.15) is 35.3 Å². The molecule has 1 fully saturated rings. The Balaban J connectivity index is 1.61. The molecule has 3 nitrogen and oxygen atoms in total. The molecule has 1 saturated heterocycles. The van der Waals surface area contributed by atoms with E-state index in [1.807, 2.05) is 65.6 Å². The average Bonchev–Trinajstić information content (AvgIpc) is 3.23. The Morgan fingerprint density at radius 2 is 1.78 bits per heavy atom. The van der Waals surface area contributed by atoms with Crippen LogP contribution in [-0.4, -0.2) is 28.4 Å². The lowest BCUT2D eigenvalue weighted by Crippen LogP contribution is -2.43. The summed E-state index contributed by atoms with van der Waals surface area (Å²) in [6.07, 6.45) is 3.02. The molecule has 2 heterocycles. The van der Waals surface area contributed by atoms with Gasteiger partial charge in [-0.1, -0.05) is 60.4 Å². The number of benzene rings is 2. The van der Waals surface area contributed by atoms with Crippen molar-refractivity contribution < 1.29 is 4.79 Å². The SMILES string of the molecule is O=C(c1ncsc1-c1ccccc1)N1CCCCC1C#Cc1ccccc1. The number of nitrogens with zero attached hydrogens (tertiary/aromatic N) is 2. The van der Waals surface area contributed by atoms with Gasteiger partial charge < -0.3 is 4.90 Å². The second-order valence-corrected chi connectivity index (χ2v) is 7.40. The van der Waals surface area contributed by atoms with E-state index in [0.29, 0.717) is 5.69 Å². The van der Waals surface area contributed by atoms with Crippen molar-refractivity contribution in [2.45, 2.75) is 25.3 Å². The maximum atomic E-state index is 13.3. The van der Waals surface area contributed by atoms with Crippen molar-refractivity contribution in [1.82, 2.24) is 9.88 Å². The smallest absolute Gasteiger partial charge is 0.274 e. The van der Waals surface area contributed by atoms with Gasteiger partial charge in [0, 0.05) is 12.1 Å². The first kappa shape index (κ1) is 17.5. The van der Waals surface area contributed by atoms with E-state index in [1.54, 1.807) is 5.51 Å². The number of aromatic nitrogens is 1. The van der Waals surface area contributed by atoms with Gasteiger partial charge in [0.1, 0.15) is 5.69 Å². The van der Waals surface area contributed by atoms with Gasteiger partial charge in [0.05, 0.1) is 16.4 Å². The molecule has 1 atom stereocenters. The van der Waals surface area contributed by atoms with Gasteiger partial charge in [-0.2, -0.15) is 0 Å². The Labute approximate surface area is 163 Å². The Hall–Kier alpha value is -2.90. The lowest BCUT2D eigenvalue weighted by molar-refractivity contribution is 0.0668. The van der Waals surface area contributed by atoms with Crippen molar-refractivity contribution in [2.24, 2.45) is 0 Å². The largest absolute Gasteiger partial charge is 0.323 e. The highest BCUT2D eigenvalue weighted by Gasteiger charge is 2.29.